The second kappa shape index (κ2) is 6.01. The zero-order valence-corrected chi connectivity index (χ0v) is 10.1. The molecule has 0 radical (unpaired) electrons. The van der Waals surface area contributed by atoms with Gasteiger partial charge in [-0.25, -0.2) is 4.98 Å². The van der Waals surface area contributed by atoms with Crippen LogP contribution in [0.15, 0.2) is 12.5 Å². The maximum atomic E-state index is 4.01. The smallest absolute Gasteiger partial charge is 0.0921 e. The SMILES string of the molecule is CN(CCc1cnc[nH]1)CNCC1CCC1. The minimum Gasteiger partial charge on any atom is -0.348 e. The highest BCUT2D eigenvalue weighted by Gasteiger charge is 2.16. The highest BCUT2D eigenvalue weighted by molar-refractivity contribution is 4.94. The molecular formula is C12H22N4. The zero-order chi connectivity index (χ0) is 11.2. The van der Waals surface area contributed by atoms with Gasteiger partial charge in [0.2, 0.25) is 0 Å². The summed E-state index contributed by atoms with van der Waals surface area (Å²) < 4.78 is 0. The van der Waals surface area contributed by atoms with E-state index < -0.39 is 0 Å². The third-order valence-corrected chi connectivity index (χ3v) is 3.36. The van der Waals surface area contributed by atoms with E-state index >= 15 is 0 Å². The summed E-state index contributed by atoms with van der Waals surface area (Å²) >= 11 is 0. The summed E-state index contributed by atoms with van der Waals surface area (Å²) in [6, 6.07) is 0. The molecule has 0 unspecified atom stereocenters. The fourth-order valence-corrected chi connectivity index (χ4v) is 1.97. The third kappa shape index (κ3) is 3.61. The van der Waals surface area contributed by atoms with E-state index in [4.69, 9.17) is 0 Å². The van der Waals surface area contributed by atoms with E-state index in [-0.39, 0.29) is 0 Å². The summed E-state index contributed by atoms with van der Waals surface area (Å²) in [6.07, 6.45) is 8.96. The first-order chi connectivity index (χ1) is 7.84. The number of aromatic amines is 1. The van der Waals surface area contributed by atoms with E-state index in [0.717, 1.165) is 25.6 Å². The predicted molar refractivity (Wildman–Crippen MR) is 65.1 cm³/mol. The molecule has 0 bridgehead atoms. The number of nitrogens with one attached hydrogen (secondary N) is 2. The second-order valence-electron chi connectivity index (χ2n) is 4.82. The van der Waals surface area contributed by atoms with Gasteiger partial charge in [0, 0.05) is 31.5 Å². The van der Waals surface area contributed by atoms with Crippen molar-refractivity contribution in [3.63, 3.8) is 0 Å². The van der Waals surface area contributed by atoms with Crippen molar-refractivity contribution in [3.8, 4) is 0 Å². The maximum absolute atomic E-state index is 4.01. The number of hydrogen-bond acceptors (Lipinski definition) is 3. The highest BCUT2D eigenvalue weighted by atomic mass is 15.2. The van der Waals surface area contributed by atoms with E-state index in [2.05, 4.69) is 27.2 Å². The summed E-state index contributed by atoms with van der Waals surface area (Å²) in [4.78, 5) is 9.46. The average Bonchev–Trinajstić information content (AvgIpc) is 2.71. The second-order valence-corrected chi connectivity index (χ2v) is 4.82. The van der Waals surface area contributed by atoms with Crippen molar-refractivity contribution < 1.29 is 0 Å². The molecule has 4 nitrogen and oxygen atoms in total. The van der Waals surface area contributed by atoms with E-state index in [1.165, 1.54) is 31.5 Å². The van der Waals surface area contributed by atoms with Gasteiger partial charge in [0.1, 0.15) is 0 Å². The van der Waals surface area contributed by atoms with Crippen molar-refractivity contribution in [1.29, 1.82) is 0 Å². The molecule has 4 heteroatoms. The van der Waals surface area contributed by atoms with Crippen molar-refractivity contribution in [2.75, 3.05) is 26.8 Å². The molecule has 0 saturated heterocycles. The lowest BCUT2D eigenvalue weighted by atomic mass is 9.85. The number of nitrogens with zero attached hydrogens (tertiary/aromatic N) is 2. The van der Waals surface area contributed by atoms with Gasteiger partial charge in [-0.1, -0.05) is 6.42 Å². The zero-order valence-electron chi connectivity index (χ0n) is 10.1. The van der Waals surface area contributed by atoms with Crippen molar-refractivity contribution in [3.05, 3.63) is 18.2 Å². The minimum atomic E-state index is 0.945. The van der Waals surface area contributed by atoms with Crippen LogP contribution in [-0.2, 0) is 6.42 Å². The van der Waals surface area contributed by atoms with Crippen LogP contribution in [0.4, 0.5) is 0 Å². The molecule has 90 valence electrons. The first-order valence-corrected chi connectivity index (χ1v) is 6.21. The van der Waals surface area contributed by atoms with Crippen molar-refractivity contribution >= 4 is 0 Å². The number of hydrogen-bond donors (Lipinski definition) is 2. The average molecular weight is 222 g/mol. The van der Waals surface area contributed by atoms with Crippen LogP contribution in [-0.4, -0.2) is 41.7 Å². The van der Waals surface area contributed by atoms with Gasteiger partial charge in [-0.15, -0.1) is 0 Å². The first-order valence-electron chi connectivity index (χ1n) is 6.21. The highest BCUT2D eigenvalue weighted by Crippen LogP contribution is 2.24. The lowest BCUT2D eigenvalue weighted by Crippen LogP contribution is -2.36. The summed E-state index contributed by atoms with van der Waals surface area (Å²) in [5.41, 5.74) is 1.21. The Morgan fingerprint density at radius 2 is 2.44 bits per heavy atom. The summed E-state index contributed by atoms with van der Waals surface area (Å²) in [5, 5.41) is 3.52. The topological polar surface area (TPSA) is 44.0 Å². The molecule has 1 aromatic heterocycles. The van der Waals surface area contributed by atoms with Crippen LogP contribution in [0.5, 0.6) is 0 Å². The number of imidazole rings is 1. The van der Waals surface area contributed by atoms with Crippen LogP contribution >= 0.6 is 0 Å². The molecule has 1 aliphatic rings. The van der Waals surface area contributed by atoms with E-state index in [9.17, 15) is 0 Å². The molecular weight excluding hydrogens is 200 g/mol. The summed E-state index contributed by atoms with van der Waals surface area (Å²) in [6.45, 7) is 3.25. The van der Waals surface area contributed by atoms with Gasteiger partial charge in [0.15, 0.2) is 0 Å². The van der Waals surface area contributed by atoms with Crippen molar-refractivity contribution in [1.82, 2.24) is 20.2 Å². The maximum Gasteiger partial charge on any atom is 0.0921 e. The van der Waals surface area contributed by atoms with Crippen LogP contribution in [0.3, 0.4) is 0 Å². The van der Waals surface area contributed by atoms with Gasteiger partial charge < -0.3 is 10.3 Å². The Morgan fingerprint density at radius 1 is 1.56 bits per heavy atom. The fraction of sp³-hybridized carbons (Fsp3) is 0.750. The Labute approximate surface area is 97.4 Å². The lowest BCUT2D eigenvalue weighted by Gasteiger charge is -2.27. The Kier molecular flexibility index (Phi) is 4.36. The third-order valence-electron chi connectivity index (χ3n) is 3.36. The molecule has 0 spiro atoms. The molecule has 0 aliphatic heterocycles. The van der Waals surface area contributed by atoms with E-state index in [0.29, 0.717) is 0 Å². The number of aromatic nitrogens is 2. The number of rotatable bonds is 7. The number of H-pyrrole nitrogens is 1. The fourth-order valence-electron chi connectivity index (χ4n) is 1.97. The lowest BCUT2D eigenvalue weighted by molar-refractivity contribution is 0.257. The Hall–Kier alpha value is -0.870. The van der Waals surface area contributed by atoms with Crippen LogP contribution in [0.25, 0.3) is 0 Å². The van der Waals surface area contributed by atoms with Gasteiger partial charge >= 0.3 is 0 Å². The molecule has 1 saturated carbocycles. The molecule has 1 heterocycles. The van der Waals surface area contributed by atoms with Gasteiger partial charge in [0.25, 0.3) is 0 Å². The Balaban J connectivity index is 1.52. The van der Waals surface area contributed by atoms with Gasteiger partial charge in [-0.3, -0.25) is 4.90 Å². The normalized spacial score (nSPS) is 16.6. The van der Waals surface area contributed by atoms with Gasteiger partial charge in [-0.05, 0) is 32.4 Å². The standard InChI is InChI=1S/C12H22N4/c1-16(6-5-12-8-13-9-15-12)10-14-7-11-3-2-4-11/h8-9,11,14H,2-7,10H2,1H3,(H,13,15). The minimum absolute atomic E-state index is 0.945. The Bertz CT molecular complexity index is 279. The van der Waals surface area contributed by atoms with Crippen molar-refractivity contribution in [2.45, 2.75) is 25.7 Å². The molecule has 2 N–H and O–H groups in total. The molecule has 2 rings (SSSR count). The Morgan fingerprint density at radius 3 is 3.06 bits per heavy atom. The van der Waals surface area contributed by atoms with Crippen LogP contribution in [0.2, 0.25) is 0 Å². The van der Waals surface area contributed by atoms with Gasteiger partial charge in [0.05, 0.1) is 6.33 Å². The molecule has 1 aliphatic carbocycles. The van der Waals surface area contributed by atoms with Crippen LogP contribution in [0.1, 0.15) is 25.0 Å². The molecule has 1 aromatic rings. The van der Waals surface area contributed by atoms with E-state index in [1.807, 2.05) is 6.20 Å². The largest absolute Gasteiger partial charge is 0.348 e. The van der Waals surface area contributed by atoms with Gasteiger partial charge in [-0.2, -0.15) is 0 Å². The quantitative estimate of drug-likeness (QED) is 0.682. The molecule has 0 amide bonds. The van der Waals surface area contributed by atoms with Crippen molar-refractivity contribution in [2.24, 2.45) is 5.92 Å². The number of likely N-dealkylation sites (N-methyl/N-ethyl adjacent to an activating group) is 1. The molecule has 0 atom stereocenters. The van der Waals surface area contributed by atoms with Crippen LogP contribution < -0.4 is 5.32 Å². The molecule has 16 heavy (non-hydrogen) atoms. The summed E-state index contributed by atoms with van der Waals surface area (Å²) in [5.74, 6) is 0.945. The molecule has 0 aromatic carbocycles. The monoisotopic (exact) mass is 222 g/mol. The predicted octanol–water partition coefficient (Wildman–Crippen LogP) is 1.23. The summed E-state index contributed by atoms with van der Waals surface area (Å²) in [7, 11) is 2.16. The van der Waals surface area contributed by atoms with E-state index in [1.54, 1.807) is 6.33 Å². The molecule has 1 fully saturated rings. The first kappa shape index (κ1) is 11.6. The van der Waals surface area contributed by atoms with Crippen LogP contribution in [0, 0.1) is 5.92 Å².